The van der Waals surface area contributed by atoms with Crippen molar-refractivity contribution in [3.63, 3.8) is 0 Å². The van der Waals surface area contributed by atoms with Gasteiger partial charge < -0.3 is 15.2 Å². The van der Waals surface area contributed by atoms with Gasteiger partial charge in [0.2, 0.25) is 0 Å². The Hall–Kier alpha value is -1.22. The molecule has 0 amide bonds. The van der Waals surface area contributed by atoms with Crippen molar-refractivity contribution < 1.29 is 9.47 Å². The van der Waals surface area contributed by atoms with Crippen molar-refractivity contribution in [2.45, 2.75) is 18.8 Å². The van der Waals surface area contributed by atoms with E-state index in [4.69, 9.17) is 15.2 Å². The fraction of sp³-hybridized carbons (Fsp3) is 0.500. The molecule has 0 saturated carbocycles. The molecule has 1 atom stereocenters. The summed E-state index contributed by atoms with van der Waals surface area (Å²) in [7, 11) is 1.67. The van der Waals surface area contributed by atoms with Crippen LogP contribution in [0.3, 0.4) is 0 Å². The lowest BCUT2D eigenvalue weighted by Gasteiger charge is -2.16. The molecular weight excluding hydrogens is 190 g/mol. The number of hydrogen-bond donors (Lipinski definition) is 1. The molecule has 1 unspecified atom stereocenters. The quantitative estimate of drug-likeness (QED) is 0.805. The Morgan fingerprint density at radius 1 is 1.53 bits per heavy atom. The van der Waals surface area contributed by atoms with Crippen LogP contribution in [0.1, 0.15) is 24.3 Å². The number of ether oxygens (including phenoxy) is 2. The van der Waals surface area contributed by atoms with Crippen LogP contribution in [0, 0.1) is 0 Å². The summed E-state index contributed by atoms with van der Waals surface area (Å²) >= 11 is 0. The molecule has 0 bridgehead atoms. The second-order valence-corrected chi connectivity index (χ2v) is 3.80. The lowest BCUT2D eigenvalue weighted by molar-refractivity contribution is 0.294. The fourth-order valence-corrected chi connectivity index (χ4v) is 2.07. The number of rotatable bonds is 2. The van der Waals surface area contributed by atoms with Crippen LogP contribution in [-0.4, -0.2) is 20.3 Å². The summed E-state index contributed by atoms with van der Waals surface area (Å²) in [6.07, 6.45) is 2.15. The maximum atomic E-state index is 5.78. The number of benzene rings is 1. The highest BCUT2D eigenvalue weighted by molar-refractivity contribution is 5.48. The van der Waals surface area contributed by atoms with E-state index in [1.165, 1.54) is 5.56 Å². The predicted octanol–water partition coefficient (Wildman–Crippen LogP) is 1.91. The van der Waals surface area contributed by atoms with Crippen molar-refractivity contribution in [1.82, 2.24) is 0 Å². The molecule has 0 fully saturated rings. The minimum atomic E-state index is 0.401. The van der Waals surface area contributed by atoms with Crippen molar-refractivity contribution in [3.8, 4) is 11.5 Å². The van der Waals surface area contributed by atoms with Gasteiger partial charge in [-0.1, -0.05) is 12.1 Å². The average Bonchev–Trinajstić information content (AvgIpc) is 2.50. The highest BCUT2D eigenvalue weighted by atomic mass is 16.5. The summed E-state index contributed by atoms with van der Waals surface area (Å²) in [6, 6.07) is 6.01. The van der Waals surface area contributed by atoms with Crippen molar-refractivity contribution >= 4 is 0 Å². The van der Waals surface area contributed by atoms with Gasteiger partial charge in [0.25, 0.3) is 0 Å². The highest BCUT2D eigenvalue weighted by Gasteiger charge is 2.21. The molecule has 2 N–H and O–H groups in total. The van der Waals surface area contributed by atoms with Gasteiger partial charge in [0.15, 0.2) is 11.5 Å². The summed E-state index contributed by atoms with van der Waals surface area (Å²) in [4.78, 5) is 0. The van der Waals surface area contributed by atoms with E-state index >= 15 is 0 Å². The highest BCUT2D eigenvalue weighted by Crippen LogP contribution is 2.39. The summed E-state index contributed by atoms with van der Waals surface area (Å²) < 4.78 is 11.0. The number of nitrogens with two attached hydrogens (primary N) is 1. The molecule has 3 heteroatoms. The molecular formula is C12H17NO2. The molecule has 2 rings (SSSR count). The maximum absolute atomic E-state index is 5.78. The minimum absolute atomic E-state index is 0.401. The zero-order chi connectivity index (χ0) is 10.7. The van der Waals surface area contributed by atoms with Gasteiger partial charge in [-0.3, -0.25) is 0 Å². The Labute approximate surface area is 90.2 Å². The lowest BCUT2D eigenvalue weighted by atomic mass is 9.94. The first kappa shape index (κ1) is 10.3. The minimum Gasteiger partial charge on any atom is -0.493 e. The van der Waals surface area contributed by atoms with Gasteiger partial charge in [0, 0.05) is 11.5 Å². The Morgan fingerprint density at radius 3 is 3.13 bits per heavy atom. The molecule has 82 valence electrons. The Morgan fingerprint density at radius 2 is 2.40 bits per heavy atom. The zero-order valence-corrected chi connectivity index (χ0v) is 9.03. The van der Waals surface area contributed by atoms with Gasteiger partial charge in [0.05, 0.1) is 13.7 Å². The van der Waals surface area contributed by atoms with Crippen LogP contribution in [0.15, 0.2) is 18.2 Å². The summed E-state index contributed by atoms with van der Waals surface area (Å²) in [6.45, 7) is 1.42. The fourth-order valence-electron chi connectivity index (χ4n) is 2.07. The van der Waals surface area contributed by atoms with Crippen LogP contribution in [0.25, 0.3) is 0 Å². The van der Waals surface area contributed by atoms with Crippen LogP contribution in [0.4, 0.5) is 0 Å². The molecule has 0 aromatic heterocycles. The molecule has 0 spiro atoms. The predicted molar refractivity (Wildman–Crippen MR) is 59.5 cm³/mol. The Balaban J connectivity index is 2.44. The number of para-hydroxylation sites is 1. The first-order valence-electron chi connectivity index (χ1n) is 5.36. The number of hydrogen-bond acceptors (Lipinski definition) is 3. The summed E-state index contributed by atoms with van der Waals surface area (Å²) in [5.41, 5.74) is 6.97. The zero-order valence-electron chi connectivity index (χ0n) is 9.03. The van der Waals surface area contributed by atoms with Gasteiger partial charge in [-0.05, 0) is 25.5 Å². The van der Waals surface area contributed by atoms with Crippen LogP contribution >= 0.6 is 0 Å². The third kappa shape index (κ3) is 1.92. The smallest absolute Gasteiger partial charge is 0.164 e. The van der Waals surface area contributed by atoms with E-state index in [9.17, 15) is 0 Å². The van der Waals surface area contributed by atoms with E-state index in [1.54, 1.807) is 7.11 Å². The second-order valence-electron chi connectivity index (χ2n) is 3.80. The van der Waals surface area contributed by atoms with Crippen LogP contribution in [-0.2, 0) is 0 Å². The van der Waals surface area contributed by atoms with E-state index in [0.717, 1.165) is 30.9 Å². The summed E-state index contributed by atoms with van der Waals surface area (Å²) in [5, 5.41) is 0. The van der Waals surface area contributed by atoms with Crippen LogP contribution in [0.5, 0.6) is 11.5 Å². The van der Waals surface area contributed by atoms with E-state index in [0.29, 0.717) is 12.5 Å². The third-order valence-corrected chi connectivity index (χ3v) is 2.90. The van der Waals surface area contributed by atoms with Crippen molar-refractivity contribution in [1.29, 1.82) is 0 Å². The van der Waals surface area contributed by atoms with Gasteiger partial charge in [-0.15, -0.1) is 0 Å². The number of methoxy groups -OCH3 is 1. The monoisotopic (exact) mass is 207 g/mol. The van der Waals surface area contributed by atoms with Gasteiger partial charge in [-0.25, -0.2) is 0 Å². The number of fused-ring (bicyclic) bond motifs is 1. The van der Waals surface area contributed by atoms with Crippen LogP contribution < -0.4 is 15.2 Å². The van der Waals surface area contributed by atoms with Crippen molar-refractivity contribution in [3.05, 3.63) is 23.8 Å². The normalized spacial score (nSPS) is 20.0. The molecule has 1 aliphatic rings. The molecule has 1 aromatic carbocycles. The van der Waals surface area contributed by atoms with E-state index < -0.39 is 0 Å². The second kappa shape index (κ2) is 4.53. The molecule has 0 aliphatic carbocycles. The molecule has 1 aliphatic heterocycles. The summed E-state index contributed by atoms with van der Waals surface area (Å²) in [5.74, 6) is 2.10. The van der Waals surface area contributed by atoms with E-state index in [-0.39, 0.29) is 0 Å². The standard InChI is InChI=1S/C12H17NO2/c1-14-11-6-2-5-10-9(8-13)4-3-7-15-12(10)11/h2,5-6,9H,3-4,7-8,13H2,1H3. The van der Waals surface area contributed by atoms with Gasteiger partial charge >= 0.3 is 0 Å². The SMILES string of the molecule is COc1cccc2c1OCCCC2CN. The molecule has 15 heavy (non-hydrogen) atoms. The van der Waals surface area contributed by atoms with Crippen molar-refractivity contribution in [2.24, 2.45) is 5.73 Å². The first-order chi connectivity index (χ1) is 7.36. The van der Waals surface area contributed by atoms with Gasteiger partial charge in [-0.2, -0.15) is 0 Å². The molecule has 1 heterocycles. The Bertz CT molecular complexity index is 338. The molecule has 0 saturated heterocycles. The average molecular weight is 207 g/mol. The van der Waals surface area contributed by atoms with E-state index in [1.807, 2.05) is 12.1 Å². The lowest BCUT2D eigenvalue weighted by Crippen LogP contribution is -2.11. The van der Waals surface area contributed by atoms with Crippen LogP contribution in [0.2, 0.25) is 0 Å². The largest absolute Gasteiger partial charge is 0.493 e. The first-order valence-corrected chi connectivity index (χ1v) is 5.36. The van der Waals surface area contributed by atoms with Crippen molar-refractivity contribution in [2.75, 3.05) is 20.3 Å². The molecule has 3 nitrogen and oxygen atoms in total. The van der Waals surface area contributed by atoms with Gasteiger partial charge in [0.1, 0.15) is 0 Å². The van der Waals surface area contributed by atoms with E-state index in [2.05, 4.69) is 6.07 Å². The topological polar surface area (TPSA) is 44.5 Å². The molecule has 0 radical (unpaired) electrons. The maximum Gasteiger partial charge on any atom is 0.164 e. The Kier molecular flexibility index (Phi) is 3.11. The molecule has 1 aromatic rings. The third-order valence-electron chi connectivity index (χ3n) is 2.90.